The fourth-order valence-electron chi connectivity index (χ4n) is 2.04. The van der Waals surface area contributed by atoms with Crippen LogP contribution in [0.5, 0.6) is 0 Å². The molecular weight excluding hydrogens is 204 g/mol. The predicted octanol–water partition coefficient (Wildman–Crippen LogP) is 1.16. The molecule has 2 amide bonds. The van der Waals surface area contributed by atoms with Crippen LogP contribution < -0.4 is 5.32 Å². The lowest BCUT2D eigenvalue weighted by molar-refractivity contribution is -0.138. The Morgan fingerprint density at radius 2 is 1.69 bits per heavy atom. The zero-order valence-corrected chi connectivity index (χ0v) is 10.5. The zero-order chi connectivity index (χ0) is 12.1. The monoisotopic (exact) mass is 226 g/mol. The quantitative estimate of drug-likeness (QED) is 0.785. The first kappa shape index (κ1) is 13.0. The van der Waals surface area contributed by atoms with Crippen LogP contribution in [0.3, 0.4) is 0 Å². The van der Waals surface area contributed by atoms with E-state index in [-0.39, 0.29) is 23.8 Å². The van der Waals surface area contributed by atoms with Crippen molar-refractivity contribution in [3.8, 4) is 0 Å². The van der Waals surface area contributed by atoms with Crippen molar-refractivity contribution in [1.82, 2.24) is 10.2 Å². The Hall–Kier alpha value is -1.06. The maximum Gasteiger partial charge on any atom is 0.245 e. The smallest absolute Gasteiger partial charge is 0.245 e. The Morgan fingerprint density at radius 1 is 1.12 bits per heavy atom. The summed E-state index contributed by atoms with van der Waals surface area (Å²) in [4.78, 5) is 25.1. The summed E-state index contributed by atoms with van der Waals surface area (Å²) in [6.45, 7) is 7.05. The van der Waals surface area contributed by atoms with Crippen molar-refractivity contribution >= 4 is 11.8 Å². The van der Waals surface area contributed by atoms with Gasteiger partial charge in [-0.25, -0.2) is 0 Å². The number of rotatable bonds is 3. The van der Waals surface area contributed by atoms with Gasteiger partial charge in [0.05, 0.1) is 0 Å². The molecule has 0 bridgehead atoms. The number of hydrogen-bond acceptors (Lipinski definition) is 2. The third-order valence-corrected chi connectivity index (χ3v) is 2.96. The van der Waals surface area contributed by atoms with E-state index in [0.29, 0.717) is 0 Å². The summed E-state index contributed by atoms with van der Waals surface area (Å²) in [6, 6.07) is -0.365. The van der Waals surface area contributed by atoms with E-state index in [1.165, 1.54) is 13.3 Å². The average molecular weight is 226 g/mol. The molecule has 0 aromatic rings. The number of amides is 2. The van der Waals surface area contributed by atoms with Gasteiger partial charge in [0.25, 0.3) is 0 Å². The fourth-order valence-corrected chi connectivity index (χ4v) is 2.04. The minimum absolute atomic E-state index is 0.0740. The molecule has 0 spiro atoms. The summed E-state index contributed by atoms with van der Waals surface area (Å²) in [6.07, 6.45) is 3.36. The molecule has 0 aromatic carbocycles. The van der Waals surface area contributed by atoms with Crippen molar-refractivity contribution in [3.05, 3.63) is 0 Å². The largest absolute Gasteiger partial charge is 0.344 e. The number of carbonyl (C=O) groups is 2. The molecule has 1 N–H and O–H groups in total. The second kappa shape index (κ2) is 5.87. The maximum atomic E-state index is 12.2. The lowest BCUT2D eigenvalue weighted by atomic mass is 10.0. The minimum Gasteiger partial charge on any atom is -0.344 e. The molecule has 1 aliphatic heterocycles. The lowest BCUT2D eigenvalue weighted by Gasteiger charge is -2.32. The first-order valence-electron chi connectivity index (χ1n) is 6.08. The van der Waals surface area contributed by atoms with Crippen LogP contribution in [0, 0.1) is 5.92 Å². The van der Waals surface area contributed by atoms with Gasteiger partial charge in [0.15, 0.2) is 0 Å². The molecule has 1 heterocycles. The fraction of sp³-hybridized carbons (Fsp3) is 0.833. The van der Waals surface area contributed by atoms with Crippen molar-refractivity contribution in [2.75, 3.05) is 13.1 Å². The van der Waals surface area contributed by atoms with Gasteiger partial charge in [0.1, 0.15) is 6.04 Å². The SMILES string of the molecule is CC(=O)N[C@H](C(=O)N1CCCCC1)C(C)C. The van der Waals surface area contributed by atoms with Crippen LogP contribution >= 0.6 is 0 Å². The topological polar surface area (TPSA) is 49.4 Å². The van der Waals surface area contributed by atoms with Crippen LogP contribution in [-0.4, -0.2) is 35.8 Å². The van der Waals surface area contributed by atoms with Crippen molar-refractivity contribution in [2.45, 2.75) is 46.1 Å². The van der Waals surface area contributed by atoms with Gasteiger partial charge < -0.3 is 10.2 Å². The Morgan fingerprint density at radius 3 is 2.12 bits per heavy atom. The third kappa shape index (κ3) is 3.51. The molecule has 92 valence electrons. The maximum absolute atomic E-state index is 12.2. The predicted molar refractivity (Wildman–Crippen MR) is 62.9 cm³/mol. The molecule has 1 rings (SSSR count). The van der Waals surface area contributed by atoms with E-state index in [1.807, 2.05) is 18.7 Å². The highest BCUT2D eigenvalue weighted by atomic mass is 16.2. The van der Waals surface area contributed by atoms with Gasteiger partial charge in [0.2, 0.25) is 11.8 Å². The van der Waals surface area contributed by atoms with Gasteiger partial charge in [-0.1, -0.05) is 13.8 Å². The van der Waals surface area contributed by atoms with Crippen molar-refractivity contribution in [2.24, 2.45) is 5.92 Å². The minimum atomic E-state index is -0.365. The second-order valence-corrected chi connectivity index (χ2v) is 4.81. The van der Waals surface area contributed by atoms with Gasteiger partial charge in [0, 0.05) is 20.0 Å². The van der Waals surface area contributed by atoms with E-state index in [9.17, 15) is 9.59 Å². The molecule has 1 aliphatic rings. The Kier molecular flexibility index (Phi) is 4.77. The van der Waals surface area contributed by atoms with Crippen LogP contribution in [0.25, 0.3) is 0 Å². The molecule has 0 aromatic heterocycles. The van der Waals surface area contributed by atoms with Gasteiger partial charge in [-0.15, -0.1) is 0 Å². The molecule has 0 unspecified atom stereocenters. The Labute approximate surface area is 97.4 Å². The van der Waals surface area contributed by atoms with E-state index in [0.717, 1.165) is 25.9 Å². The van der Waals surface area contributed by atoms with Crippen molar-refractivity contribution < 1.29 is 9.59 Å². The number of likely N-dealkylation sites (tertiary alicyclic amines) is 1. The molecule has 0 radical (unpaired) electrons. The molecule has 16 heavy (non-hydrogen) atoms. The molecule has 4 heteroatoms. The highest BCUT2D eigenvalue weighted by molar-refractivity contribution is 5.87. The van der Waals surface area contributed by atoms with Crippen LogP contribution in [0.1, 0.15) is 40.0 Å². The molecule has 1 atom stereocenters. The number of nitrogens with zero attached hydrogens (tertiary/aromatic N) is 1. The Balaban J connectivity index is 2.61. The molecule has 1 fully saturated rings. The molecule has 1 saturated heterocycles. The highest BCUT2D eigenvalue weighted by Gasteiger charge is 2.28. The average Bonchev–Trinajstić information content (AvgIpc) is 2.25. The first-order valence-corrected chi connectivity index (χ1v) is 6.08. The normalized spacial score (nSPS) is 18.4. The van der Waals surface area contributed by atoms with E-state index in [4.69, 9.17) is 0 Å². The summed E-state index contributed by atoms with van der Waals surface area (Å²) in [5, 5.41) is 2.75. The summed E-state index contributed by atoms with van der Waals surface area (Å²) in [7, 11) is 0. The van der Waals surface area contributed by atoms with Crippen LogP contribution in [0.2, 0.25) is 0 Å². The summed E-state index contributed by atoms with van der Waals surface area (Å²) in [5.41, 5.74) is 0. The lowest BCUT2D eigenvalue weighted by Crippen LogP contribution is -2.51. The summed E-state index contributed by atoms with van der Waals surface area (Å²) in [5.74, 6) is 0.0762. The van der Waals surface area contributed by atoms with E-state index in [1.54, 1.807) is 0 Å². The molecule has 0 saturated carbocycles. The van der Waals surface area contributed by atoms with Gasteiger partial charge in [-0.3, -0.25) is 9.59 Å². The standard InChI is InChI=1S/C12H22N2O2/c1-9(2)11(13-10(3)15)12(16)14-7-5-4-6-8-14/h9,11H,4-8H2,1-3H3,(H,13,15)/t11-/m0/s1. The van der Waals surface area contributed by atoms with Crippen LogP contribution in [-0.2, 0) is 9.59 Å². The van der Waals surface area contributed by atoms with E-state index >= 15 is 0 Å². The summed E-state index contributed by atoms with van der Waals surface area (Å²) < 4.78 is 0. The van der Waals surface area contributed by atoms with E-state index < -0.39 is 0 Å². The van der Waals surface area contributed by atoms with Gasteiger partial charge >= 0.3 is 0 Å². The van der Waals surface area contributed by atoms with Gasteiger partial charge in [-0.05, 0) is 25.2 Å². The third-order valence-electron chi connectivity index (χ3n) is 2.96. The number of piperidine rings is 1. The van der Waals surface area contributed by atoms with Crippen molar-refractivity contribution in [1.29, 1.82) is 0 Å². The van der Waals surface area contributed by atoms with E-state index in [2.05, 4.69) is 5.32 Å². The second-order valence-electron chi connectivity index (χ2n) is 4.81. The van der Waals surface area contributed by atoms with Crippen molar-refractivity contribution in [3.63, 3.8) is 0 Å². The zero-order valence-electron chi connectivity index (χ0n) is 10.5. The first-order chi connectivity index (χ1) is 7.52. The number of hydrogen-bond donors (Lipinski definition) is 1. The molecule has 0 aliphatic carbocycles. The van der Waals surface area contributed by atoms with Crippen LogP contribution in [0.15, 0.2) is 0 Å². The highest BCUT2D eigenvalue weighted by Crippen LogP contribution is 2.13. The number of carbonyl (C=O) groups excluding carboxylic acids is 2. The van der Waals surface area contributed by atoms with Gasteiger partial charge in [-0.2, -0.15) is 0 Å². The number of nitrogens with one attached hydrogen (secondary N) is 1. The van der Waals surface area contributed by atoms with Crippen LogP contribution in [0.4, 0.5) is 0 Å². The Bertz CT molecular complexity index is 258. The molecule has 4 nitrogen and oxygen atoms in total. The molecular formula is C12H22N2O2. The summed E-state index contributed by atoms with van der Waals surface area (Å²) >= 11 is 0.